The SMILES string of the molecule is CCN(CC)CCSc1nc2sc3c(c2c(=O)[nH]1)CCC(C)C3. The highest BCUT2D eigenvalue weighted by molar-refractivity contribution is 7.99. The normalized spacial score (nSPS) is 17.8. The Balaban J connectivity index is 1.80. The van der Waals surface area contributed by atoms with E-state index in [1.165, 1.54) is 16.9 Å². The molecular formula is C17H25N3OS2. The summed E-state index contributed by atoms with van der Waals surface area (Å²) in [6, 6.07) is 0. The number of thiophene rings is 1. The van der Waals surface area contributed by atoms with Crippen LogP contribution in [0.2, 0.25) is 0 Å². The molecule has 1 unspecified atom stereocenters. The van der Waals surface area contributed by atoms with Crippen molar-refractivity contribution >= 4 is 33.3 Å². The van der Waals surface area contributed by atoms with Gasteiger partial charge in [0.05, 0.1) is 5.39 Å². The van der Waals surface area contributed by atoms with Gasteiger partial charge in [-0.15, -0.1) is 11.3 Å². The highest BCUT2D eigenvalue weighted by Crippen LogP contribution is 2.36. The molecule has 0 radical (unpaired) electrons. The van der Waals surface area contributed by atoms with Crippen molar-refractivity contribution in [2.24, 2.45) is 5.92 Å². The second-order valence-corrected chi connectivity index (χ2v) is 8.45. The van der Waals surface area contributed by atoms with E-state index < -0.39 is 0 Å². The summed E-state index contributed by atoms with van der Waals surface area (Å²) in [6.45, 7) is 9.80. The van der Waals surface area contributed by atoms with E-state index in [2.05, 4.69) is 30.7 Å². The molecule has 126 valence electrons. The Morgan fingerprint density at radius 1 is 1.39 bits per heavy atom. The Labute approximate surface area is 145 Å². The smallest absolute Gasteiger partial charge is 0.260 e. The molecule has 0 aromatic carbocycles. The molecule has 1 atom stereocenters. The molecule has 0 saturated carbocycles. The molecule has 1 N–H and O–H groups in total. The maximum atomic E-state index is 12.5. The number of nitrogens with zero attached hydrogens (tertiary/aromatic N) is 2. The monoisotopic (exact) mass is 351 g/mol. The highest BCUT2D eigenvalue weighted by Gasteiger charge is 2.23. The van der Waals surface area contributed by atoms with Crippen molar-refractivity contribution in [3.05, 3.63) is 20.8 Å². The van der Waals surface area contributed by atoms with Gasteiger partial charge >= 0.3 is 0 Å². The van der Waals surface area contributed by atoms with Crippen LogP contribution in [0.5, 0.6) is 0 Å². The van der Waals surface area contributed by atoms with Crippen molar-refractivity contribution in [3.63, 3.8) is 0 Å². The van der Waals surface area contributed by atoms with Crippen LogP contribution in [0.25, 0.3) is 10.2 Å². The molecule has 0 amide bonds. The summed E-state index contributed by atoms with van der Waals surface area (Å²) in [6.07, 6.45) is 3.30. The van der Waals surface area contributed by atoms with Gasteiger partial charge in [-0.1, -0.05) is 32.5 Å². The zero-order valence-electron chi connectivity index (χ0n) is 14.1. The van der Waals surface area contributed by atoms with Gasteiger partial charge in [-0.05, 0) is 43.8 Å². The van der Waals surface area contributed by atoms with Gasteiger partial charge in [0.2, 0.25) is 0 Å². The molecule has 2 heterocycles. The highest BCUT2D eigenvalue weighted by atomic mass is 32.2. The van der Waals surface area contributed by atoms with Gasteiger partial charge in [0.1, 0.15) is 4.83 Å². The van der Waals surface area contributed by atoms with E-state index in [9.17, 15) is 4.79 Å². The van der Waals surface area contributed by atoms with Crippen LogP contribution < -0.4 is 5.56 Å². The predicted molar refractivity (Wildman–Crippen MR) is 99.9 cm³/mol. The molecule has 0 fully saturated rings. The first kappa shape index (κ1) is 17.0. The van der Waals surface area contributed by atoms with Gasteiger partial charge in [0, 0.05) is 17.2 Å². The van der Waals surface area contributed by atoms with Gasteiger partial charge in [-0.2, -0.15) is 0 Å². The second kappa shape index (κ2) is 7.36. The maximum Gasteiger partial charge on any atom is 0.260 e. The fraction of sp³-hybridized carbons (Fsp3) is 0.647. The molecule has 0 spiro atoms. The second-order valence-electron chi connectivity index (χ2n) is 6.28. The summed E-state index contributed by atoms with van der Waals surface area (Å²) in [5.41, 5.74) is 1.31. The fourth-order valence-corrected chi connectivity index (χ4v) is 5.51. The van der Waals surface area contributed by atoms with Crippen molar-refractivity contribution < 1.29 is 0 Å². The van der Waals surface area contributed by atoms with E-state index in [1.54, 1.807) is 23.1 Å². The van der Waals surface area contributed by atoms with E-state index in [0.717, 1.165) is 59.5 Å². The molecule has 2 aromatic rings. The van der Waals surface area contributed by atoms with Gasteiger partial charge in [0.25, 0.3) is 5.56 Å². The number of hydrogen-bond donors (Lipinski definition) is 1. The molecule has 1 aliphatic rings. The Morgan fingerprint density at radius 2 is 2.17 bits per heavy atom. The fourth-order valence-electron chi connectivity index (χ4n) is 3.21. The Hall–Kier alpha value is -0.850. The van der Waals surface area contributed by atoms with Crippen molar-refractivity contribution in [2.45, 2.75) is 45.2 Å². The first-order valence-electron chi connectivity index (χ1n) is 8.52. The van der Waals surface area contributed by atoms with E-state index in [1.807, 2.05) is 0 Å². The zero-order valence-corrected chi connectivity index (χ0v) is 15.8. The van der Waals surface area contributed by atoms with E-state index >= 15 is 0 Å². The molecule has 4 nitrogen and oxygen atoms in total. The number of hydrogen-bond acceptors (Lipinski definition) is 5. The van der Waals surface area contributed by atoms with E-state index in [-0.39, 0.29) is 5.56 Å². The lowest BCUT2D eigenvalue weighted by Gasteiger charge is -2.17. The number of rotatable bonds is 6. The van der Waals surface area contributed by atoms with Gasteiger partial charge in [-0.3, -0.25) is 4.79 Å². The topological polar surface area (TPSA) is 49.0 Å². The number of fused-ring (bicyclic) bond motifs is 3. The standard InChI is InChI=1S/C17H25N3OS2/c1-4-20(5-2)8-9-22-17-18-15(21)14-12-7-6-11(3)10-13(12)23-16(14)19-17/h11H,4-10H2,1-3H3,(H,18,19,21). The van der Waals surface area contributed by atoms with Gasteiger partial charge < -0.3 is 9.88 Å². The van der Waals surface area contributed by atoms with Crippen molar-refractivity contribution in [2.75, 3.05) is 25.4 Å². The molecule has 0 aliphatic heterocycles. The molecule has 0 bridgehead atoms. The zero-order chi connectivity index (χ0) is 16.4. The minimum Gasteiger partial charge on any atom is -0.303 e. The van der Waals surface area contributed by atoms with Crippen LogP contribution in [0.4, 0.5) is 0 Å². The minimum atomic E-state index is 0.0485. The lowest BCUT2D eigenvalue weighted by atomic mass is 9.89. The molecule has 1 aliphatic carbocycles. The van der Waals surface area contributed by atoms with E-state index in [4.69, 9.17) is 4.98 Å². The first-order chi connectivity index (χ1) is 11.1. The first-order valence-corrected chi connectivity index (χ1v) is 10.3. The molecular weight excluding hydrogens is 326 g/mol. The van der Waals surface area contributed by atoms with Gasteiger partial charge in [-0.25, -0.2) is 4.98 Å². The van der Waals surface area contributed by atoms with Crippen LogP contribution in [-0.2, 0) is 12.8 Å². The predicted octanol–water partition coefficient (Wildman–Crippen LogP) is 3.54. The number of nitrogens with one attached hydrogen (secondary N) is 1. The summed E-state index contributed by atoms with van der Waals surface area (Å²) in [7, 11) is 0. The Morgan fingerprint density at radius 3 is 2.91 bits per heavy atom. The van der Waals surface area contributed by atoms with E-state index in [0.29, 0.717) is 0 Å². The van der Waals surface area contributed by atoms with Crippen LogP contribution in [0.15, 0.2) is 9.95 Å². The molecule has 3 rings (SSSR count). The summed E-state index contributed by atoms with van der Waals surface area (Å²) in [5.74, 6) is 1.68. The number of thioether (sulfide) groups is 1. The lowest BCUT2D eigenvalue weighted by Crippen LogP contribution is -2.25. The maximum absolute atomic E-state index is 12.5. The van der Waals surface area contributed by atoms with Crippen LogP contribution in [-0.4, -0.2) is 40.3 Å². The third-order valence-electron chi connectivity index (χ3n) is 4.68. The number of aromatic nitrogens is 2. The largest absolute Gasteiger partial charge is 0.303 e. The van der Waals surface area contributed by atoms with Crippen LogP contribution >= 0.6 is 23.1 Å². The summed E-state index contributed by atoms with van der Waals surface area (Å²) < 4.78 is 0. The van der Waals surface area contributed by atoms with Crippen LogP contribution in [0, 0.1) is 5.92 Å². The molecule has 0 saturated heterocycles. The third kappa shape index (κ3) is 3.64. The average molecular weight is 352 g/mol. The summed E-state index contributed by atoms with van der Waals surface area (Å²) >= 11 is 3.38. The molecule has 23 heavy (non-hydrogen) atoms. The average Bonchev–Trinajstić information content (AvgIpc) is 2.89. The lowest BCUT2D eigenvalue weighted by molar-refractivity contribution is 0.324. The molecule has 2 aromatic heterocycles. The quantitative estimate of drug-likeness (QED) is 0.639. The van der Waals surface area contributed by atoms with Crippen molar-refractivity contribution in [1.82, 2.24) is 14.9 Å². The summed E-state index contributed by atoms with van der Waals surface area (Å²) in [5, 5.41) is 1.62. The number of aromatic amines is 1. The third-order valence-corrected chi connectivity index (χ3v) is 6.69. The minimum absolute atomic E-state index is 0.0485. The Kier molecular flexibility index (Phi) is 5.44. The number of H-pyrrole nitrogens is 1. The van der Waals surface area contributed by atoms with Crippen LogP contribution in [0.1, 0.15) is 37.6 Å². The van der Waals surface area contributed by atoms with Crippen molar-refractivity contribution in [1.29, 1.82) is 0 Å². The van der Waals surface area contributed by atoms with Crippen molar-refractivity contribution in [3.8, 4) is 0 Å². The number of aryl methyl sites for hydroxylation is 1. The molecule has 6 heteroatoms. The van der Waals surface area contributed by atoms with Crippen LogP contribution in [0.3, 0.4) is 0 Å². The Bertz CT molecular complexity index is 733. The van der Waals surface area contributed by atoms with Gasteiger partial charge in [0.15, 0.2) is 5.16 Å². The summed E-state index contributed by atoms with van der Waals surface area (Å²) in [4.78, 5) is 24.9.